The van der Waals surface area contributed by atoms with Crippen molar-refractivity contribution >= 4 is 0 Å². The summed E-state index contributed by atoms with van der Waals surface area (Å²) >= 11 is 0. The summed E-state index contributed by atoms with van der Waals surface area (Å²) in [5.41, 5.74) is 8.56. The first-order valence-electron chi connectivity index (χ1n) is 6.89. The molecule has 1 unspecified atom stereocenters. The van der Waals surface area contributed by atoms with Crippen LogP contribution in [0.15, 0.2) is 24.3 Å². The van der Waals surface area contributed by atoms with Crippen LogP contribution in [0.2, 0.25) is 0 Å². The minimum absolute atomic E-state index is 0.161. The van der Waals surface area contributed by atoms with E-state index >= 15 is 0 Å². The third-order valence-electron chi connectivity index (χ3n) is 2.99. The lowest BCUT2D eigenvalue weighted by Crippen LogP contribution is -2.43. The molecule has 0 saturated heterocycles. The molecule has 0 aromatic heterocycles. The van der Waals surface area contributed by atoms with Crippen molar-refractivity contribution in [3.05, 3.63) is 35.4 Å². The van der Waals surface area contributed by atoms with E-state index in [-0.39, 0.29) is 5.54 Å². The molecule has 0 radical (unpaired) electrons. The third kappa shape index (κ3) is 5.65. The maximum atomic E-state index is 5.98. The van der Waals surface area contributed by atoms with Crippen molar-refractivity contribution in [3.63, 3.8) is 0 Å². The van der Waals surface area contributed by atoms with Gasteiger partial charge in [0.25, 0.3) is 0 Å². The maximum Gasteiger partial charge on any atom is 0.0292 e. The van der Waals surface area contributed by atoms with Crippen LogP contribution in [0.5, 0.6) is 0 Å². The SMILES string of the molecule is CC(C)Cc1ccc(C(C)NCC(C)(C)N)cc1. The molecule has 1 aromatic rings. The molecule has 0 heterocycles. The van der Waals surface area contributed by atoms with Crippen molar-refractivity contribution in [2.24, 2.45) is 11.7 Å². The first kappa shape index (κ1) is 15.2. The van der Waals surface area contributed by atoms with Crippen LogP contribution in [0.25, 0.3) is 0 Å². The van der Waals surface area contributed by atoms with Gasteiger partial charge in [0, 0.05) is 18.1 Å². The van der Waals surface area contributed by atoms with Crippen LogP contribution in [-0.4, -0.2) is 12.1 Å². The van der Waals surface area contributed by atoms with Crippen molar-refractivity contribution < 1.29 is 0 Å². The molecule has 102 valence electrons. The highest BCUT2D eigenvalue weighted by atomic mass is 14.9. The van der Waals surface area contributed by atoms with Crippen molar-refractivity contribution in [1.29, 1.82) is 0 Å². The van der Waals surface area contributed by atoms with Gasteiger partial charge in [-0.15, -0.1) is 0 Å². The largest absolute Gasteiger partial charge is 0.324 e. The second kappa shape index (κ2) is 6.35. The second-order valence-electron chi connectivity index (χ2n) is 6.43. The van der Waals surface area contributed by atoms with Crippen LogP contribution in [-0.2, 0) is 6.42 Å². The summed E-state index contributed by atoms with van der Waals surface area (Å²) in [6, 6.07) is 9.26. The van der Waals surface area contributed by atoms with Gasteiger partial charge in [-0.3, -0.25) is 0 Å². The molecule has 18 heavy (non-hydrogen) atoms. The lowest BCUT2D eigenvalue weighted by Gasteiger charge is -2.23. The summed E-state index contributed by atoms with van der Waals surface area (Å²) in [5.74, 6) is 0.712. The van der Waals surface area contributed by atoms with Crippen molar-refractivity contribution in [2.75, 3.05) is 6.54 Å². The lowest BCUT2D eigenvalue weighted by atomic mass is 9.99. The Hall–Kier alpha value is -0.860. The van der Waals surface area contributed by atoms with Gasteiger partial charge in [0.05, 0.1) is 0 Å². The van der Waals surface area contributed by atoms with Crippen LogP contribution >= 0.6 is 0 Å². The highest BCUT2D eigenvalue weighted by Gasteiger charge is 2.12. The Morgan fingerprint density at radius 2 is 1.67 bits per heavy atom. The van der Waals surface area contributed by atoms with E-state index in [1.807, 2.05) is 13.8 Å². The molecule has 0 aliphatic rings. The van der Waals surface area contributed by atoms with E-state index in [0.29, 0.717) is 12.0 Å². The standard InChI is InChI=1S/C16H28N2/c1-12(2)10-14-6-8-15(9-7-14)13(3)18-11-16(4,5)17/h6-9,12-13,18H,10-11,17H2,1-5H3. The van der Waals surface area contributed by atoms with Crippen LogP contribution in [0.1, 0.15) is 51.8 Å². The Morgan fingerprint density at radius 1 is 1.11 bits per heavy atom. The Morgan fingerprint density at radius 3 is 2.11 bits per heavy atom. The molecule has 0 saturated carbocycles. The van der Waals surface area contributed by atoms with E-state index in [9.17, 15) is 0 Å². The van der Waals surface area contributed by atoms with Crippen LogP contribution in [0.3, 0.4) is 0 Å². The number of benzene rings is 1. The fourth-order valence-electron chi connectivity index (χ4n) is 1.95. The van der Waals surface area contributed by atoms with Crippen molar-refractivity contribution in [1.82, 2.24) is 5.32 Å². The molecule has 3 N–H and O–H groups in total. The fraction of sp³-hybridized carbons (Fsp3) is 0.625. The van der Waals surface area contributed by atoms with Crippen LogP contribution in [0, 0.1) is 5.92 Å². The van der Waals surface area contributed by atoms with Gasteiger partial charge in [0.2, 0.25) is 0 Å². The summed E-state index contributed by atoms with van der Waals surface area (Å²) < 4.78 is 0. The number of hydrogen-bond acceptors (Lipinski definition) is 2. The molecular weight excluding hydrogens is 220 g/mol. The van der Waals surface area contributed by atoms with E-state index in [1.165, 1.54) is 11.1 Å². The molecule has 1 rings (SSSR count). The zero-order valence-electron chi connectivity index (χ0n) is 12.5. The smallest absolute Gasteiger partial charge is 0.0292 e. The van der Waals surface area contributed by atoms with Gasteiger partial charge >= 0.3 is 0 Å². The topological polar surface area (TPSA) is 38.0 Å². The predicted octanol–water partition coefficient (Wildman–Crippen LogP) is 3.27. The van der Waals surface area contributed by atoms with Crippen LogP contribution < -0.4 is 11.1 Å². The molecule has 0 amide bonds. The van der Waals surface area contributed by atoms with Gasteiger partial charge < -0.3 is 11.1 Å². The molecule has 1 atom stereocenters. The van der Waals surface area contributed by atoms with Gasteiger partial charge in [-0.05, 0) is 44.2 Å². The maximum absolute atomic E-state index is 5.98. The minimum atomic E-state index is -0.161. The van der Waals surface area contributed by atoms with Gasteiger partial charge in [-0.25, -0.2) is 0 Å². The minimum Gasteiger partial charge on any atom is -0.324 e. The summed E-state index contributed by atoms with van der Waals surface area (Å²) in [4.78, 5) is 0. The molecule has 0 bridgehead atoms. The fourth-order valence-corrected chi connectivity index (χ4v) is 1.95. The van der Waals surface area contributed by atoms with Crippen molar-refractivity contribution in [2.45, 2.75) is 52.6 Å². The van der Waals surface area contributed by atoms with Gasteiger partial charge in [0.15, 0.2) is 0 Å². The predicted molar refractivity (Wildman–Crippen MR) is 79.7 cm³/mol. The molecule has 1 aromatic carbocycles. The molecule has 0 aliphatic carbocycles. The zero-order valence-corrected chi connectivity index (χ0v) is 12.5. The quantitative estimate of drug-likeness (QED) is 0.811. The van der Waals surface area contributed by atoms with E-state index in [0.717, 1.165) is 13.0 Å². The van der Waals surface area contributed by atoms with E-state index in [1.54, 1.807) is 0 Å². The van der Waals surface area contributed by atoms with Gasteiger partial charge in [-0.1, -0.05) is 38.1 Å². The Balaban J connectivity index is 2.56. The third-order valence-corrected chi connectivity index (χ3v) is 2.99. The normalized spacial score (nSPS) is 13.9. The molecule has 0 aliphatic heterocycles. The van der Waals surface area contributed by atoms with Gasteiger partial charge in [-0.2, -0.15) is 0 Å². The van der Waals surface area contributed by atoms with E-state index in [2.05, 4.69) is 50.4 Å². The molecular formula is C16H28N2. The number of rotatable bonds is 6. The second-order valence-corrected chi connectivity index (χ2v) is 6.43. The molecule has 2 nitrogen and oxygen atoms in total. The molecule has 0 spiro atoms. The molecule has 2 heteroatoms. The zero-order chi connectivity index (χ0) is 13.8. The summed E-state index contributed by atoms with van der Waals surface area (Å²) in [7, 11) is 0. The van der Waals surface area contributed by atoms with Crippen LogP contribution in [0.4, 0.5) is 0 Å². The molecule has 0 fully saturated rings. The first-order chi connectivity index (χ1) is 8.28. The highest BCUT2D eigenvalue weighted by molar-refractivity contribution is 5.25. The van der Waals surface area contributed by atoms with Crippen molar-refractivity contribution in [3.8, 4) is 0 Å². The Bertz CT molecular complexity index is 346. The van der Waals surface area contributed by atoms with E-state index in [4.69, 9.17) is 5.73 Å². The number of hydrogen-bond donors (Lipinski definition) is 2. The first-order valence-corrected chi connectivity index (χ1v) is 6.89. The monoisotopic (exact) mass is 248 g/mol. The summed E-state index contributed by atoms with van der Waals surface area (Å²) in [6.07, 6.45) is 1.15. The summed E-state index contributed by atoms with van der Waals surface area (Å²) in [5, 5.41) is 3.47. The number of nitrogens with one attached hydrogen (secondary N) is 1. The number of nitrogens with two attached hydrogens (primary N) is 1. The highest BCUT2D eigenvalue weighted by Crippen LogP contribution is 2.15. The Labute approximate surface area is 112 Å². The lowest BCUT2D eigenvalue weighted by molar-refractivity contribution is 0.434. The van der Waals surface area contributed by atoms with Gasteiger partial charge in [0.1, 0.15) is 0 Å². The average molecular weight is 248 g/mol. The van der Waals surface area contributed by atoms with E-state index < -0.39 is 0 Å². The average Bonchev–Trinajstić information content (AvgIpc) is 2.25. The summed E-state index contributed by atoms with van der Waals surface area (Å²) in [6.45, 7) is 11.6. The Kier molecular flexibility index (Phi) is 5.36.